The SMILES string of the molecule is CCC(CCO)CNc1cc(Br)ccc1[N+](=O)[O-]. The topological polar surface area (TPSA) is 75.4 Å². The standard InChI is InChI=1S/C12H17BrN2O3/c1-2-9(5-6-16)8-14-11-7-10(13)3-4-12(11)15(17)18/h3-4,7,9,14,16H,2,5-6,8H2,1H3. The van der Waals surface area contributed by atoms with Crippen LogP contribution in [0.1, 0.15) is 19.8 Å². The molecule has 5 nitrogen and oxygen atoms in total. The molecule has 1 aromatic rings. The highest BCUT2D eigenvalue weighted by Crippen LogP contribution is 2.28. The summed E-state index contributed by atoms with van der Waals surface area (Å²) in [5, 5.41) is 22.9. The van der Waals surface area contributed by atoms with Crippen molar-refractivity contribution in [1.29, 1.82) is 0 Å². The molecule has 1 rings (SSSR count). The van der Waals surface area contributed by atoms with E-state index in [0.29, 0.717) is 24.6 Å². The zero-order chi connectivity index (χ0) is 13.5. The maximum Gasteiger partial charge on any atom is 0.292 e. The molecule has 0 bridgehead atoms. The number of nitrogens with one attached hydrogen (secondary N) is 1. The predicted octanol–water partition coefficient (Wildman–Crippen LogP) is 3.18. The van der Waals surface area contributed by atoms with Crippen LogP contribution in [0.4, 0.5) is 11.4 Å². The fourth-order valence-electron chi connectivity index (χ4n) is 1.70. The molecular weight excluding hydrogens is 300 g/mol. The van der Waals surface area contributed by atoms with Gasteiger partial charge < -0.3 is 10.4 Å². The third kappa shape index (κ3) is 4.27. The zero-order valence-electron chi connectivity index (χ0n) is 10.2. The molecule has 1 aromatic carbocycles. The molecule has 0 saturated heterocycles. The fraction of sp³-hybridized carbons (Fsp3) is 0.500. The minimum absolute atomic E-state index is 0.0667. The first-order chi connectivity index (χ1) is 8.58. The summed E-state index contributed by atoms with van der Waals surface area (Å²) >= 11 is 3.30. The summed E-state index contributed by atoms with van der Waals surface area (Å²) in [6.07, 6.45) is 1.63. The second kappa shape index (κ2) is 7.33. The second-order valence-electron chi connectivity index (χ2n) is 4.09. The Kier molecular flexibility index (Phi) is 6.07. The first-order valence-corrected chi connectivity index (χ1v) is 6.66. The molecule has 1 atom stereocenters. The van der Waals surface area contributed by atoms with Gasteiger partial charge in [0.15, 0.2) is 0 Å². The van der Waals surface area contributed by atoms with E-state index in [-0.39, 0.29) is 12.3 Å². The Morgan fingerprint density at radius 1 is 1.56 bits per heavy atom. The molecule has 0 amide bonds. The lowest BCUT2D eigenvalue weighted by molar-refractivity contribution is -0.384. The van der Waals surface area contributed by atoms with Gasteiger partial charge >= 0.3 is 0 Å². The molecular formula is C12H17BrN2O3. The zero-order valence-corrected chi connectivity index (χ0v) is 11.8. The first-order valence-electron chi connectivity index (χ1n) is 5.87. The molecule has 1 unspecified atom stereocenters. The fourth-order valence-corrected chi connectivity index (χ4v) is 2.06. The normalized spacial score (nSPS) is 12.2. The van der Waals surface area contributed by atoms with E-state index >= 15 is 0 Å². The number of hydrogen-bond donors (Lipinski definition) is 2. The molecule has 0 aromatic heterocycles. The molecule has 0 aliphatic carbocycles. The van der Waals surface area contributed by atoms with Crippen molar-refractivity contribution < 1.29 is 10.0 Å². The van der Waals surface area contributed by atoms with Crippen LogP contribution in [0.5, 0.6) is 0 Å². The van der Waals surface area contributed by atoms with Crippen molar-refractivity contribution in [3.8, 4) is 0 Å². The molecule has 0 radical (unpaired) electrons. The van der Waals surface area contributed by atoms with Gasteiger partial charge in [-0.05, 0) is 24.5 Å². The number of benzene rings is 1. The van der Waals surface area contributed by atoms with Crippen molar-refractivity contribution in [1.82, 2.24) is 0 Å². The highest BCUT2D eigenvalue weighted by Gasteiger charge is 2.14. The van der Waals surface area contributed by atoms with Gasteiger partial charge in [-0.1, -0.05) is 29.3 Å². The molecule has 0 saturated carbocycles. The van der Waals surface area contributed by atoms with Gasteiger partial charge in [-0.3, -0.25) is 10.1 Å². The van der Waals surface area contributed by atoms with E-state index in [2.05, 4.69) is 21.2 Å². The summed E-state index contributed by atoms with van der Waals surface area (Å²) < 4.78 is 0.797. The molecule has 0 spiro atoms. The molecule has 0 fully saturated rings. The van der Waals surface area contributed by atoms with E-state index in [1.807, 2.05) is 6.92 Å². The summed E-state index contributed by atoms with van der Waals surface area (Å²) in [4.78, 5) is 10.5. The number of anilines is 1. The summed E-state index contributed by atoms with van der Waals surface area (Å²) in [6, 6.07) is 4.82. The van der Waals surface area contributed by atoms with E-state index in [4.69, 9.17) is 5.11 Å². The summed E-state index contributed by atoms with van der Waals surface area (Å²) in [5.41, 5.74) is 0.572. The lowest BCUT2D eigenvalue weighted by Gasteiger charge is -2.15. The molecule has 18 heavy (non-hydrogen) atoms. The number of hydrogen-bond acceptors (Lipinski definition) is 4. The lowest BCUT2D eigenvalue weighted by atomic mass is 10.0. The Morgan fingerprint density at radius 2 is 2.28 bits per heavy atom. The molecule has 100 valence electrons. The van der Waals surface area contributed by atoms with Gasteiger partial charge in [0.2, 0.25) is 0 Å². The van der Waals surface area contributed by atoms with Gasteiger partial charge in [-0.15, -0.1) is 0 Å². The number of rotatable bonds is 7. The van der Waals surface area contributed by atoms with Gasteiger partial charge in [0.25, 0.3) is 5.69 Å². The van der Waals surface area contributed by atoms with Crippen LogP contribution in [0, 0.1) is 16.0 Å². The Bertz CT molecular complexity index is 412. The Labute approximate surface area is 114 Å². The van der Waals surface area contributed by atoms with Crippen LogP contribution in [0.25, 0.3) is 0 Å². The maximum atomic E-state index is 10.9. The monoisotopic (exact) mass is 316 g/mol. The third-order valence-electron chi connectivity index (χ3n) is 2.85. The number of aliphatic hydroxyl groups is 1. The van der Waals surface area contributed by atoms with E-state index in [0.717, 1.165) is 10.9 Å². The molecule has 0 aliphatic rings. The average molecular weight is 317 g/mol. The van der Waals surface area contributed by atoms with Crippen molar-refractivity contribution in [2.24, 2.45) is 5.92 Å². The van der Waals surface area contributed by atoms with Crippen molar-refractivity contribution in [3.05, 3.63) is 32.8 Å². The number of nitro groups is 1. The largest absolute Gasteiger partial charge is 0.396 e. The van der Waals surface area contributed by atoms with Crippen LogP contribution in [0.2, 0.25) is 0 Å². The van der Waals surface area contributed by atoms with Gasteiger partial charge in [0, 0.05) is 23.7 Å². The second-order valence-corrected chi connectivity index (χ2v) is 5.00. The van der Waals surface area contributed by atoms with E-state index < -0.39 is 4.92 Å². The Balaban J connectivity index is 2.76. The number of nitro benzene ring substituents is 1. The van der Waals surface area contributed by atoms with Crippen LogP contribution < -0.4 is 5.32 Å². The molecule has 2 N–H and O–H groups in total. The summed E-state index contributed by atoms with van der Waals surface area (Å²) in [7, 11) is 0. The van der Waals surface area contributed by atoms with E-state index in [1.54, 1.807) is 12.1 Å². The summed E-state index contributed by atoms with van der Waals surface area (Å²) in [5.74, 6) is 0.314. The number of halogens is 1. The molecule has 0 aliphatic heterocycles. The quantitative estimate of drug-likeness (QED) is 0.598. The van der Waals surface area contributed by atoms with Crippen molar-refractivity contribution in [2.45, 2.75) is 19.8 Å². The average Bonchev–Trinajstić information content (AvgIpc) is 2.34. The van der Waals surface area contributed by atoms with Crippen molar-refractivity contribution in [3.63, 3.8) is 0 Å². The highest BCUT2D eigenvalue weighted by molar-refractivity contribution is 9.10. The van der Waals surface area contributed by atoms with Crippen LogP contribution >= 0.6 is 15.9 Å². The maximum absolute atomic E-state index is 10.9. The minimum atomic E-state index is -0.401. The lowest BCUT2D eigenvalue weighted by Crippen LogP contribution is -2.15. The molecule has 6 heteroatoms. The van der Waals surface area contributed by atoms with Crippen LogP contribution in [0.3, 0.4) is 0 Å². The molecule has 0 heterocycles. The number of aliphatic hydroxyl groups excluding tert-OH is 1. The van der Waals surface area contributed by atoms with Crippen LogP contribution in [-0.2, 0) is 0 Å². The Hall–Kier alpha value is -1.14. The van der Waals surface area contributed by atoms with Gasteiger partial charge in [-0.25, -0.2) is 0 Å². The highest BCUT2D eigenvalue weighted by atomic mass is 79.9. The van der Waals surface area contributed by atoms with E-state index in [9.17, 15) is 10.1 Å². The Morgan fingerprint density at radius 3 is 2.83 bits per heavy atom. The van der Waals surface area contributed by atoms with Gasteiger partial charge in [-0.2, -0.15) is 0 Å². The van der Waals surface area contributed by atoms with Crippen molar-refractivity contribution >= 4 is 27.3 Å². The van der Waals surface area contributed by atoms with Gasteiger partial charge in [0.1, 0.15) is 5.69 Å². The number of nitrogens with zero attached hydrogens (tertiary/aromatic N) is 1. The van der Waals surface area contributed by atoms with Crippen LogP contribution in [0.15, 0.2) is 22.7 Å². The van der Waals surface area contributed by atoms with Gasteiger partial charge in [0.05, 0.1) is 4.92 Å². The first kappa shape index (κ1) is 14.9. The van der Waals surface area contributed by atoms with E-state index in [1.165, 1.54) is 6.07 Å². The third-order valence-corrected chi connectivity index (χ3v) is 3.34. The smallest absolute Gasteiger partial charge is 0.292 e. The summed E-state index contributed by atoms with van der Waals surface area (Å²) in [6.45, 7) is 2.80. The van der Waals surface area contributed by atoms with Crippen LogP contribution in [-0.4, -0.2) is 23.2 Å². The van der Waals surface area contributed by atoms with Crippen molar-refractivity contribution in [2.75, 3.05) is 18.5 Å². The predicted molar refractivity (Wildman–Crippen MR) is 74.8 cm³/mol. The minimum Gasteiger partial charge on any atom is -0.396 e.